The van der Waals surface area contributed by atoms with E-state index in [1.807, 2.05) is 0 Å². The highest BCUT2D eigenvalue weighted by atomic mass is 32.2. The zero-order valence-corrected chi connectivity index (χ0v) is 12.0. The summed E-state index contributed by atoms with van der Waals surface area (Å²) in [5.41, 5.74) is 1.54. The van der Waals surface area contributed by atoms with Gasteiger partial charge in [0.2, 0.25) is 0 Å². The van der Waals surface area contributed by atoms with Crippen LogP contribution in [-0.4, -0.2) is 17.8 Å². The van der Waals surface area contributed by atoms with Crippen LogP contribution in [0.15, 0.2) is 29.2 Å². The summed E-state index contributed by atoms with van der Waals surface area (Å²) >= 11 is 2.06. The molecule has 1 N–H and O–H groups in total. The zero-order valence-electron chi connectivity index (χ0n) is 11.2. The van der Waals surface area contributed by atoms with Crippen LogP contribution in [0.2, 0.25) is 0 Å². The van der Waals surface area contributed by atoms with E-state index in [2.05, 4.69) is 48.3 Å². The van der Waals surface area contributed by atoms with Gasteiger partial charge in [0, 0.05) is 22.7 Å². The maximum atomic E-state index is 3.78. The van der Waals surface area contributed by atoms with E-state index in [0.29, 0.717) is 6.04 Å². The monoisotopic (exact) mass is 261 g/mol. The fourth-order valence-corrected chi connectivity index (χ4v) is 4.57. The molecule has 2 heteroatoms. The Morgan fingerprint density at radius 2 is 2.06 bits per heavy atom. The molecule has 1 aliphatic carbocycles. The SMILES string of the molecule is CC(NCC1Cc2ccccc2S1)C1CCCC1. The molecule has 0 amide bonds. The molecule has 1 fully saturated rings. The molecule has 1 nitrogen and oxygen atoms in total. The van der Waals surface area contributed by atoms with Crippen molar-refractivity contribution in [2.75, 3.05) is 6.54 Å². The lowest BCUT2D eigenvalue weighted by molar-refractivity contribution is 0.382. The highest BCUT2D eigenvalue weighted by Gasteiger charge is 2.25. The molecule has 1 aliphatic heterocycles. The van der Waals surface area contributed by atoms with E-state index in [-0.39, 0.29) is 0 Å². The summed E-state index contributed by atoms with van der Waals surface area (Å²) in [6, 6.07) is 9.57. The molecular weight excluding hydrogens is 238 g/mol. The lowest BCUT2D eigenvalue weighted by Gasteiger charge is -2.22. The normalized spacial score (nSPS) is 25.3. The average Bonchev–Trinajstić information content (AvgIpc) is 3.04. The molecule has 2 atom stereocenters. The van der Waals surface area contributed by atoms with Gasteiger partial charge in [0.1, 0.15) is 0 Å². The molecule has 98 valence electrons. The van der Waals surface area contributed by atoms with Gasteiger partial charge in [-0.2, -0.15) is 0 Å². The Kier molecular flexibility index (Phi) is 3.95. The highest BCUT2D eigenvalue weighted by Crippen LogP contribution is 2.36. The van der Waals surface area contributed by atoms with Crippen LogP contribution in [0.4, 0.5) is 0 Å². The van der Waals surface area contributed by atoms with Crippen LogP contribution in [0.5, 0.6) is 0 Å². The Balaban J connectivity index is 1.48. The minimum Gasteiger partial charge on any atom is -0.313 e. The number of hydrogen-bond donors (Lipinski definition) is 1. The fraction of sp³-hybridized carbons (Fsp3) is 0.625. The number of rotatable bonds is 4. The van der Waals surface area contributed by atoms with E-state index in [4.69, 9.17) is 0 Å². The fourth-order valence-electron chi connectivity index (χ4n) is 3.31. The summed E-state index contributed by atoms with van der Waals surface area (Å²) in [7, 11) is 0. The molecule has 1 aromatic carbocycles. The molecule has 1 saturated carbocycles. The number of nitrogens with one attached hydrogen (secondary N) is 1. The van der Waals surface area contributed by atoms with Crippen LogP contribution >= 0.6 is 11.8 Å². The molecule has 0 aromatic heterocycles. The predicted octanol–water partition coefficient (Wildman–Crippen LogP) is 3.87. The maximum Gasteiger partial charge on any atom is 0.0260 e. The van der Waals surface area contributed by atoms with Gasteiger partial charge in [-0.25, -0.2) is 0 Å². The Morgan fingerprint density at radius 1 is 1.28 bits per heavy atom. The molecule has 18 heavy (non-hydrogen) atoms. The van der Waals surface area contributed by atoms with E-state index < -0.39 is 0 Å². The molecular formula is C16H23NS. The van der Waals surface area contributed by atoms with Gasteiger partial charge in [-0.05, 0) is 43.7 Å². The Hall–Kier alpha value is -0.470. The van der Waals surface area contributed by atoms with Crippen LogP contribution in [0, 0.1) is 5.92 Å². The van der Waals surface area contributed by atoms with E-state index in [1.165, 1.54) is 37.0 Å². The second-order valence-corrected chi connectivity index (χ2v) is 7.14. The first-order chi connectivity index (χ1) is 8.83. The Labute approximate surface area is 115 Å². The predicted molar refractivity (Wildman–Crippen MR) is 79.2 cm³/mol. The van der Waals surface area contributed by atoms with Gasteiger partial charge < -0.3 is 5.32 Å². The summed E-state index contributed by atoms with van der Waals surface area (Å²) in [4.78, 5) is 1.50. The van der Waals surface area contributed by atoms with Crippen molar-refractivity contribution in [1.82, 2.24) is 5.32 Å². The minimum atomic E-state index is 0.705. The van der Waals surface area contributed by atoms with Crippen LogP contribution in [0.3, 0.4) is 0 Å². The lowest BCUT2D eigenvalue weighted by atomic mass is 9.99. The highest BCUT2D eigenvalue weighted by molar-refractivity contribution is 8.00. The van der Waals surface area contributed by atoms with Crippen molar-refractivity contribution >= 4 is 11.8 Å². The third-order valence-electron chi connectivity index (χ3n) is 4.49. The van der Waals surface area contributed by atoms with Crippen molar-refractivity contribution in [3.8, 4) is 0 Å². The van der Waals surface area contributed by atoms with E-state index in [0.717, 1.165) is 17.7 Å². The first-order valence-corrected chi connectivity index (χ1v) is 8.19. The average molecular weight is 261 g/mol. The summed E-state index contributed by atoms with van der Waals surface area (Å²) in [6.45, 7) is 3.54. The molecule has 1 heterocycles. The minimum absolute atomic E-state index is 0.705. The molecule has 1 aromatic rings. The quantitative estimate of drug-likeness (QED) is 0.883. The first kappa shape index (κ1) is 12.6. The first-order valence-electron chi connectivity index (χ1n) is 7.31. The maximum absolute atomic E-state index is 3.78. The van der Waals surface area contributed by atoms with Crippen molar-refractivity contribution in [3.05, 3.63) is 29.8 Å². The number of fused-ring (bicyclic) bond motifs is 1. The van der Waals surface area contributed by atoms with Crippen LogP contribution < -0.4 is 5.32 Å². The van der Waals surface area contributed by atoms with Crippen molar-refractivity contribution in [2.45, 2.75) is 55.2 Å². The Morgan fingerprint density at radius 3 is 2.83 bits per heavy atom. The van der Waals surface area contributed by atoms with Crippen molar-refractivity contribution in [2.24, 2.45) is 5.92 Å². The Bertz CT molecular complexity index is 373. The van der Waals surface area contributed by atoms with Crippen LogP contribution in [-0.2, 0) is 6.42 Å². The number of benzene rings is 1. The summed E-state index contributed by atoms with van der Waals surface area (Å²) in [6.07, 6.45) is 7.00. The van der Waals surface area contributed by atoms with Crippen LogP contribution in [0.25, 0.3) is 0 Å². The van der Waals surface area contributed by atoms with E-state index in [9.17, 15) is 0 Å². The van der Waals surface area contributed by atoms with Gasteiger partial charge in [0.25, 0.3) is 0 Å². The third-order valence-corrected chi connectivity index (χ3v) is 5.81. The van der Waals surface area contributed by atoms with Crippen molar-refractivity contribution < 1.29 is 0 Å². The van der Waals surface area contributed by atoms with Gasteiger partial charge in [0.15, 0.2) is 0 Å². The van der Waals surface area contributed by atoms with Gasteiger partial charge in [0.05, 0.1) is 0 Å². The van der Waals surface area contributed by atoms with Gasteiger partial charge >= 0.3 is 0 Å². The molecule has 0 spiro atoms. The molecule has 0 saturated heterocycles. The summed E-state index contributed by atoms with van der Waals surface area (Å²) in [5.74, 6) is 0.929. The summed E-state index contributed by atoms with van der Waals surface area (Å²) in [5, 5.41) is 4.52. The standard InChI is InChI=1S/C16H23NS/c1-12(13-6-2-3-7-13)17-11-15-10-14-8-4-5-9-16(14)18-15/h4-5,8-9,12-13,15,17H,2-3,6-7,10-11H2,1H3. The van der Waals surface area contributed by atoms with Gasteiger partial charge in [-0.3, -0.25) is 0 Å². The van der Waals surface area contributed by atoms with Crippen LogP contribution in [0.1, 0.15) is 38.2 Å². The second kappa shape index (κ2) is 5.66. The smallest absolute Gasteiger partial charge is 0.0260 e. The van der Waals surface area contributed by atoms with Crippen molar-refractivity contribution in [1.29, 1.82) is 0 Å². The van der Waals surface area contributed by atoms with E-state index >= 15 is 0 Å². The number of thioether (sulfide) groups is 1. The van der Waals surface area contributed by atoms with E-state index in [1.54, 1.807) is 5.56 Å². The largest absolute Gasteiger partial charge is 0.313 e. The molecule has 3 rings (SSSR count). The molecule has 0 bridgehead atoms. The topological polar surface area (TPSA) is 12.0 Å². The zero-order chi connectivity index (χ0) is 12.4. The van der Waals surface area contributed by atoms with Gasteiger partial charge in [-0.1, -0.05) is 31.0 Å². The molecule has 2 aliphatic rings. The van der Waals surface area contributed by atoms with Gasteiger partial charge in [-0.15, -0.1) is 11.8 Å². The summed E-state index contributed by atoms with van der Waals surface area (Å²) < 4.78 is 0. The lowest BCUT2D eigenvalue weighted by Crippen LogP contribution is -2.36. The molecule has 2 unspecified atom stereocenters. The number of hydrogen-bond acceptors (Lipinski definition) is 2. The second-order valence-electron chi connectivity index (χ2n) is 5.79. The molecule has 0 radical (unpaired) electrons. The van der Waals surface area contributed by atoms with Crippen molar-refractivity contribution in [3.63, 3.8) is 0 Å². The third kappa shape index (κ3) is 2.75.